The van der Waals surface area contributed by atoms with Crippen LogP contribution in [-0.4, -0.2) is 25.0 Å². The summed E-state index contributed by atoms with van der Waals surface area (Å²) in [5.74, 6) is 0.556. The highest BCUT2D eigenvalue weighted by atomic mass is 16.5. The fraction of sp³-hybridized carbons (Fsp3) is 0.304. The van der Waals surface area contributed by atoms with Gasteiger partial charge < -0.3 is 20.7 Å². The Bertz CT molecular complexity index is 803. The van der Waals surface area contributed by atoms with Crippen LogP contribution in [-0.2, 0) is 9.59 Å². The van der Waals surface area contributed by atoms with E-state index in [9.17, 15) is 9.59 Å². The average molecular weight is 396 g/mol. The molecule has 0 bridgehead atoms. The Morgan fingerprint density at radius 3 is 2.31 bits per heavy atom. The Morgan fingerprint density at radius 1 is 0.966 bits per heavy atom. The molecule has 6 heteroatoms. The molecule has 3 N–H and O–H groups in total. The van der Waals surface area contributed by atoms with E-state index in [1.807, 2.05) is 30.3 Å². The highest BCUT2D eigenvalue weighted by Crippen LogP contribution is 2.17. The fourth-order valence-electron chi connectivity index (χ4n) is 2.65. The van der Waals surface area contributed by atoms with Crippen LogP contribution in [0, 0.1) is 0 Å². The van der Waals surface area contributed by atoms with E-state index < -0.39 is 0 Å². The van der Waals surface area contributed by atoms with E-state index in [0.717, 1.165) is 30.7 Å². The van der Waals surface area contributed by atoms with Crippen molar-refractivity contribution in [3.8, 4) is 5.75 Å². The van der Waals surface area contributed by atoms with Crippen LogP contribution in [0.2, 0.25) is 0 Å². The molecule has 0 aliphatic carbocycles. The zero-order valence-corrected chi connectivity index (χ0v) is 16.9. The van der Waals surface area contributed by atoms with Crippen molar-refractivity contribution in [3.63, 3.8) is 0 Å². The van der Waals surface area contributed by atoms with Crippen LogP contribution in [0.15, 0.2) is 61.2 Å². The topological polar surface area (TPSA) is 79.5 Å². The number of nitrogens with one attached hydrogen (secondary N) is 3. The molecule has 0 heterocycles. The molecule has 0 aliphatic rings. The fourth-order valence-corrected chi connectivity index (χ4v) is 2.65. The third kappa shape index (κ3) is 8.51. The molecule has 0 aliphatic heterocycles. The molecule has 2 rings (SSSR count). The predicted octanol–water partition coefficient (Wildman–Crippen LogP) is 4.82. The van der Waals surface area contributed by atoms with Gasteiger partial charge in [-0.1, -0.05) is 38.5 Å². The second-order valence-corrected chi connectivity index (χ2v) is 6.61. The van der Waals surface area contributed by atoms with Gasteiger partial charge in [0.2, 0.25) is 11.8 Å². The Morgan fingerprint density at radius 2 is 1.66 bits per heavy atom. The van der Waals surface area contributed by atoms with Crippen LogP contribution in [0.25, 0.3) is 0 Å². The van der Waals surface area contributed by atoms with Crippen molar-refractivity contribution >= 4 is 28.9 Å². The molecule has 29 heavy (non-hydrogen) atoms. The number of carbonyl (C=O) groups is 2. The molecule has 2 aromatic rings. The van der Waals surface area contributed by atoms with Gasteiger partial charge in [-0.3, -0.25) is 9.59 Å². The second-order valence-electron chi connectivity index (χ2n) is 6.61. The van der Waals surface area contributed by atoms with Gasteiger partial charge >= 0.3 is 0 Å². The SMILES string of the molecule is C=CCOc1ccc(NCC(=O)Nc2cccc(NC(=O)CCCCC)c2)cc1. The van der Waals surface area contributed by atoms with E-state index in [1.165, 1.54) is 0 Å². The zero-order chi connectivity index (χ0) is 20.9. The first kappa shape index (κ1) is 22.0. The number of unbranched alkanes of at least 4 members (excludes halogenated alkanes) is 2. The minimum atomic E-state index is -0.177. The van der Waals surface area contributed by atoms with Gasteiger partial charge in [-0.15, -0.1) is 0 Å². The Hall–Kier alpha value is -3.28. The van der Waals surface area contributed by atoms with E-state index in [4.69, 9.17) is 4.74 Å². The highest BCUT2D eigenvalue weighted by molar-refractivity contribution is 5.95. The van der Waals surface area contributed by atoms with Crippen molar-refractivity contribution in [1.29, 1.82) is 0 Å². The number of rotatable bonds is 12. The van der Waals surface area contributed by atoms with E-state index in [0.29, 0.717) is 24.4 Å². The van der Waals surface area contributed by atoms with E-state index in [2.05, 4.69) is 29.5 Å². The summed E-state index contributed by atoms with van der Waals surface area (Å²) in [6.07, 6.45) is 5.19. The summed E-state index contributed by atoms with van der Waals surface area (Å²) < 4.78 is 5.43. The molecule has 0 fully saturated rings. The summed E-state index contributed by atoms with van der Waals surface area (Å²) in [5, 5.41) is 8.76. The van der Waals surface area contributed by atoms with Crippen LogP contribution < -0.4 is 20.7 Å². The Balaban J connectivity index is 1.79. The van der Waals surface area contributed by atoms with Crippen molar-refractivity contribution < 1.29 is 14.3 Å². The number of benzene rings is 2. The lowest BCUT2D eigenvalue weighted by Gasteiger charge is -2.10. The molecular weight excluding hydrogens is 366 g/mol. The third-order valence-electron chi connectivity index (χ3n) is 4.11. The molecule has 2 amide bonds. The predicted molar refractivity (Wildman–Crippen MR) is 118 cm³/mol. The first-order chi connectivity index (χ1) is 14.1. The maximum atomic E-state index is 12.2. The Labute approximate surface area is 172 Å². The van der Waals surface area contributed by atoms with E-state index in [-0.39, 0.29) is 18.4 Å². The van der Waals surface area contributed by atoms with Crippen LogP contribution >= 0.6 is 0 Å². The summed E-state index contributed by atoms with van der Waals surface area (Å²) in [7, 11) is 0. The van der Waals surface area contributed by atoms with Crippen molar-refractivity contribution in [3.05, 3.63) is 61.2 Å². The molecule has 6 nitrogen and oxygen atoms in total. The monoisotopic (exact) mass is 395 g/mol. The van der Waals surface area contributed by atoms with Gasteiger partial charge in [0.05, 0.1) is 6.54 Å². The first-order valence-electron chi connectivity index (χ1n) is 9.88. The van der Waals surface area contributed by atoms with Crippen molar-refractivity contribution in [2.24, 2.45) is 0 Å². The molecule has 0 saturated carbocycles. The van der Waals surface area contributed by atoms with Crippen LogP contribution in [0.4, 0.5) is 17.1 Å². The van der Waals surface area contributed by atoms with Crippen molar-refractivity contribution in [2.75, 3.05) is 29.1 Å². The molecular formula is C23H29N3O3. The van der Waals surface area contributed by atoms with E-state index in [1.54, 1.807) is 24.3 Å². The van der Waals surface area contributed by atoms with Crippen LogP contribution in [0.3, 0.4) is 0 Å². The summed E-state index contributed by atoms with van der Waals surface area (Å²) in [6.45, 7) is 6.29. The third-order valence-corrected chi connectivity index (χ3v) is 4.11. The van der Waals surface area contributed by atoms with Gasteiger partial charge in [0.25, 0.3) is 0 Å². The molecule has 0 unspecified atom stereocenters. The second kappa shape index (κ2) is 12.2. The molecule has 2 aromatic carbocycles. The van der Waals surface area contributed by atoms with Crippen LogP contribution in [0.1, 0.15) is 32.6 Å². The molecule has 0 saturated heterocycles. The molecule has 0 atom stereocenters. The number of amides is 2. The average Bonchev–Trinajstić information content (AvgIpc) is 2.72. The summed E-state index contributed by atoms with van der Waals surface area (Å²) in [5.41, 5.74) is 2.13. The number of hydrogen-bond donors (Lipinski definition) is 3. The van der Waals surface area contributed by atoms with Gasteiger partial charge in [-0.25, -0.2) is 0 Å². The molecule has 0 aromatic heterocycles. The number of anilines is 3. The summed E-state index contributed by atoms with van der Waals surface area (Å²) in [4.78, 5) is 24.1. The highest BCUT2D eigenvalue weighted by Gasteiger charge is 2.06. The molecule has 154 valence electrons. The lowest BCUT2D eigenvalue weighted by atomic mass is 10.2. The normalized spacial score (nSPS) is 10.1. The minimum absolute atomic E-state index is 0.0101. The van der Waals surface area contributed by atoms with Gasteiger partial charge in [-0.05, 0) is 48.9 Å². The zero-order valence-electron chi connectivity index (χ0n) is 16.9. The molecule has 0 radical (unpaired) electrons. The first-order valence-corrected chi connectivity index (χ1v) is 9.88. The minimum Gasteiger partial charge on any atom is -0.490 e. The van der Waals surface area contributed by atoms with Gasteiger partial charge in [0.15, 0.2) is 0 Å². The van der Waals surface area contributed by atoms with E-state index >= 15 is 0 Å². The smallest absolute Gasteiger partial charge is 0.243 e. The van der Waals surface area contributed by atoms with Gasteiger partial charge in [0, 0.05) is 23.5 Å². The number of ether oxygens (including phenoxy) is 1. The quantitative estimate of drug-likeness (QED) is 0.356. The standard InChI is InChI=1S/C23H29N3O3/c1-3-5-6-10-22(27)25-19-8-7-9-20(16-19)26-23(28)17-24-18-11-13-21(14-12-18)29-15-4-2/h4,7-9,11-14,16,24H,2-3,5-6,10,15,17H2,1H3,(H,25,27)(H,26,28). The van der Waals surface area contributed by atoms with Gasteiger partial charge in [0.1, 0.15) is 12.4 Å². The van der Waals surface area contributed by atoms with Gasteiger partial charge in [-0.2, -0.15) is 0 Å². The van der Waals surface area contributed by atoms with Crippen LogP contribution in [0.5, 0.6) is 5.75 Å². The molecule has 0 spiro atoms. The lowest BCUT2D eigenvalue weighted by Crippen LogP contribution is -2.21. The summed E-state index contributed by atoms with van der Waals surface area (Å²) in [6, 6.07) is 14.5. The maximum absolute atomic E-state index is 12.2. The number of hydrogen-bond acceptors (Lipinski definition) is 4. The maximum Gasteiger partial charge on any atom is 0.243 e. The van der Waals surface area contributed by atoms with Crippen molar-refractivity contribution in [2.45, 2.75) is 32.6 Å². The number of carbonyl (C=O) groups excluding carboxylic acids is 2. The largest absolute Gasteiger partial charge is 0.490 e. The summed E-state index contributed by atoms with van der Waals surface area (Å²) >= 11 is 0. The lowest BCUT2D eigenvalue weighted by molar-refractivity contribution is -0.116. The van der Waals surface area contributed by atoms with Crippen molar-refractivity contribution in [1.82, 2.24) is 0 Å². The Kier molecular flexibility index (Phi) is 9.29.